The molecule has 0 aromatic heterocycles. The monoisotopic (exact) mass is 514 g/mol. The second kappa shape index (κ2) is 7.85. The second-order valence-corrected chi connectivity index (χ2v) is 15.8. The fraction of sp³-hybridized carbons (Fsp3) is 0.906. The predicted molar refractivity (Wildman–Crippen MR) is 143 cm³/mol. The maximum absolute atomic E-state index is 12.9. The zero-order chi connectivity index (χ0) is 26.7. The van der Waals surface area contributed by atoms with Crippen LogP contribution >= 0.6 is 0 Å². The summed E-state index contributed by atoms with van der Waals surface area (Å²) >= 11 is 0. The molecule has 5 aliphatic carbocycles. The summed E-state index contributed by atoms with van der Waals surface area (Å²) in [7, 11) is 0. The van der Waals surface area contributed by atoms with Gasteiger partial charge in [-0.3, -0.25) is 4.79 Å². The van der Waals surface area contributed by atoms with Gasteiger partial charge in [-0.1, -0.05) is 53.2 Å². The van der Waals surface area contributed by atoms with Crippen molar-refractivity contribution in [2.75, 3.05) is 19.8 Å². The van der Waals surface area contributed by atoms with Gasteiger partial charge in [0.25, 0.3) is 0 Å². The number of allylic oxidation sites excluding steroid dienone is 1. The van der Waals surface area contributed by atoms with Crippen LogP contribution in [0, 0.1) is 50.2 Å². The molecule has 2 N–H and O–H groups in total. The molecule has 5 heteroatoms. The van der Waals surface area contributed by atoms with E-state index in [9.17, 15) is 15.0 Å². The normalized spacial score (nSPS) is 49.3. The van der Waals surface area contributed by atoms with Gasteiger partial charge in [-0.2, -0.15) is 0 Å². The minimum absolute atomic E-state index is 0.0318. The summed E-state index contributed by atoms with van der Waals surface area (Å²) < 4.78 is 12.7. The third-order valence-electron chi connectivity index (χ3n) is 13.9. The van der Waals surface area contributed by atoms with E-state index in [1.54, 1.807) is 0 Å². The van der Waals surface area contributed by atoms with Crippen LogP contribution < -0.4 is 0 Å². The zero-order valence-corrected chi connectivity index (χ0v) is 24.1. The van der Waals surface area contributed by atoms with Gasteiger partial charge in [-0.25, -0.2) is 0 Å². The van der Waals surface area contributed by atoms with E-state index in [0.717, 1.165) is 57.8 Å². The van der Waals surface area contributed by atoms with Gasteiger partial charge in [0.05, 0.1) is 25.2 Å². The SMILES string of the molecule is CC1(C)CC[C@]2(C(=O)O)CC[C@]3(CO)C(=CCC4[C@@]5(C)CCC6(OCCO6)C(C)(C)C5CC[C@]43C)C2C1. The highest BCUT2D eigenvalue weighted by atomic mass is 16.7. The van der Waals surface area contributed by atoms with E-state index in [1.807, 2.05) is 0 Å². The molecule has 5 fully saturated rings. The first-order valence-corrected chi connectivity index (χ1v) is 15.1. The van der Waals surface area contributed by atoms with E-state index in [-0.39, 0.29) is 39.6 Å². The molecule has 1 spiro atoms. The molecule has 5 nitrogen and oxygen atoms in total. The maximum Gasteiger partial charge on any atom is 0.310 e. The van der Waals surface area contributed by atoms with Gasteiger partial charge in [0, 0.05) is 17.3 Å². The van der Waals surface area contributed by atoms with E-state index in [1.165, 1.54) is 5.57 Å². The van der Waals surface area contributed by atoms with Crippen LogP contribution in [0.1, 0.15) is 106 Å². The standard InChI is InChI=1S/C32H50O5/c1-26(2)11-13-30(25(34)35)14-15-31(20-33)21(22(30)19-26)7-8-24-28(5)12-16-32(36-17-18-37-32)27(3,4)23(28)9-10-29(24,31)6/h7,22-24,33H,8-20H2,1-6H3,(H,34,35)/t22?,23?,24?,28-,29+,30-,31-/m0/s1. The third-order valence-corrected chi connectivity index (χ3v) is 13.9. The summed E-state index contributed by atoms with van der Waals surface area (Å²) in [5, 5.41) is 21.9. The van der Waals surface area contributed by atoms with Crippen LogP contribution in [0.2, 0.25) is 0 Å². The van der Waals surface area contributed by atoms with Crippen LogP contribution in [0.4, 0.5) is 0 Å². The Labute approximate surface area is 223 Å². The van der Waals surface area contributed by atoms with Crippen molar-refractivity contribution in [3.8, 4) is 0 Å². The number of hydrogen-bond donors (Lipinski definition) is 2. The first-order chi connectivity index (χ1) is 17.2. The van der Waals surface area contributed by atoms with Gasteiger partial charge in [-0.05, 0) is 91.8 Å². The lowest BCUT2D eigenvalue weighted by Gasteiger charge is -2.72. The minimum Gasteiger partial charge on any atom is -0.481 e. The Hall–Kier alpha value is -0.910. The van der Waals surface area contributed by atoms with E-state index in [4.69, 9.17) is 9.47 Å². The number of carbonyl (C=O) groups is 1. The quantitative estimate of drug-likeness (QED) is 0.407. The lowest BCUT2D eigenvalue weighted by Crippen LogP contribution is -2.68. The lowest BCUT2D eigenvalue weighted by atomic mass is 9.33. The lowest BCUT2D eigenvalue weighted by molar-refractivity contribution is -0.308. The Bertz CT molecular complexity index is 1010. The average molecular weight is 515 g/mol. The number of ether oxygens (including phenoxy) is 2. The summed E-state index contributed by atoms with van der Waals surface area (Å²) in [4.78, 5) is 12.9. The molecule has 4 saturated carbocycles. The molecule has 1 heterocycles. The van der Waals surface area contributed by atoms with Crippen LogP contribution in [-0.2, 0) is 14.3 Å². The number of carboxylic acids is 1. The maximum atomic E-state index is 12.9. The molecule has 6 rings (SSSR count). The second-order valence-electron chi connectivity index (χ2n) is 15.8. The van der Waals surface area contributed by atoms with Crippen molar-refractivity contribution in [3.63, 3.8) is 0 Å². The number of aliphatic hydroxyl groups is 1. The van der Waals surface area contributed by atoms with Crippen molar-refractivity contribution in [2.24, 2.45) is 50.2 Å². The summed E-state index contributed by atoms with van der Waals surface area (Å²) in [6, 6.07) is 0. The number of aliphatic hydroxyl groups excluding tert-OH is 1. The summed E-state index contributed by atoms with van der Waals surface area (Å²) in [5.41, 5.74) is 0.475. The van der Waals surface area contributed by atoms with Gasteiger partial charge >= 0.3 is 5.97 Å². The zero-order valence-electron chi connectivity index (χ0n) is 24.1. The van der Waals surface area contributed by atoms with Crippen LogP contribution in [0.5, 0.6) is 0 Å². The molecule has 6 aliphatic rings. The number of fused-ring (bicyclic) bond motifs is 7. The first kappa shape index (κ1) is 26.3. The number of aliphatic carboxylic acids is 1. The molecule has 37 heavy (non-hydrogen) atoms. The van der Waals surface area contributed by atoms with Crippen LogP contribution in [0.3, 0.4) is 0 Å². The van der Waals surface area contributed by atoms with E-state index in [0.29, 0.717) is 31.5 Å². The van der Waals surface area contributed by atoms with Crippen LogP contribution in [0.25, 0.3) is 0 Å². The van der Waals surface area contributed by atoms with Crippen LogP contribution in [0.15, 0.2) is 11.6 Å². The third kappa shape index (κ3) is 3.06. The van der Waals surface area contributed by atoms with E-state index >= 15 is 0 Å². The fourth-order valence-electron chi connectivity index (χ4n) is 11.7. The van der Waals surface area contributed by atoms with E-state index in [2.05, 4.69) is 47.6 Å². The first-order valence-electron chi connectivity index (χ1n) is 15.1. The highest BCUT2D eigenvalue weighted by molar-refractivity contribution is 5.76. The van der Waals surface area contributed by atoms with Gasteiger partial charge in [0.1, 0.15) is 0 Å². The largest absolute Gasteiger partial charge is 0.481 e. The van der Waals surface area contributed by atoms with Crippen LogP contribution in [-0.4, -0.2) is 41.8 Å². The molecular weight excluding hydrogens is 464 g/mol. The number of rotatable bonds is 2. The summed E-state index contributed by atoms with van der Waals surface area (Å²) in [6.45, 7) is 15.9. The Morgan fingerprint density at radius 3 is 2.24 bits per heavy atom. The predicted octanol–water partition coefficient (Wildman–Crippen LogP) is 6.59. The average Bonchev–Trinajstić information content (AvgIpc) is 3.32. The van der Waals surface area contributed by atoms with Gasteiger partial charge in [0.15, 0.2) is 5.79 Å². The number of carboxylic acid groups (broad SMARTS) is 1. The van der Waals surface area contributed by atoms with Crippen molar-refractivity contribution in [2.45, 2.75) is 112 Å². The van der Waals surface area contributed by atoms with E-state index < -0.39 is 17.2 Å². The molecule has 0 aromatic carbocycles. The summed E-state index contributed by atoms with van der Waals surface area (Å²) in [5.74, 6) is -0.0920. The molecule has 3 unspecified atom stereocenters. The fourth-order valence-corrected chi connectivity index (χ4v) is 11.7. The van der Waals surface area contributed by atoms with Crippen molar-refractivity contribution in [3.05, 3.63) is 11.6 Å². The Balaban J connectivity index is 1.44. The molecule has 208 valence electrons. The van der Waals surface area contributed by atoms with Crippen molar-refractivity contribution in [1.82, 2.24) is 0 Å². The van der Waals surface area contributed by atoms with Gasteiger partial charge in [0.2, 0.25) is 0 Å². The Morgan fingerprint density at radius 1 is 0.919 bits per heavy atom. The molecule has 0 radical (unpaired) electrons. The highest BCUT2D eigenvalue weighted by Crippen LogP contribution is 2.76. The van der Waals surface area contributed by atoms with Crippen molar-refractivity contribution >= 4 is 5.97 Å². The molecule has 0 bridgehead atoms. The molecule has 7 atom stereocenters. The number of hydrogen-bond acceptors (Lipinski definition) is 4. The van der Waals surface area contributed by atoms with Gasteiger partial charge in [-0.15, -0.1) is 0 Å². The van der Waals surface area contributed by atoms with Crippen molar-refractivity contribution in [1.29, 1.82) is 0 Å². The minimum atomic E-state index is -0.666. The van der Waals surface area contributed by atoms with Gasteiger partial charge < -0.3 is 19.7 Å². The molecule has 1 aliphatic heterocycles. The molecule has 0 amide bonds. The highest BCUT2D eigenvalue weighted by Gasteiger charge is 2.72. The molecule has 1 saturated heterocycles. The Kier molecular flexibility index (Phi) is 5.58. The Morgan fingerprint density at radius 2 is 1.59 bits per heavy atom. The molecular formula is C32H50O5. The molecule has 0 aromatic rings. The summed E-state index contributed by atoms with van der Waals surface area (Å²) in [6.07, 6.45) is 11.8. The smallest absolute Gasteiger partial charge is 0.310 e. The topological polar surface area (TPSA) is 76.0 Å². The van der Waals surface area contributed by atoms with Crippen molar-refractivity contribution < 1.29 is 24.5 Å².